The van der Waals surface area contributed by atoms with Gasteiger partial charge in [0.05, 0.1) is 19.3 Å². The molecule has 7 heteroatoms. The molecule has 1 aromatic heterocycles. The summed E-state index contributed by atoms with van der Waals surface area (Å²) >= 11 is 5.98. The van der Waals surface area contributed by atoms with Crippen LogP contribution in [0.1, 0.15) is 10.6 Å². The Morgan fingerprint density at radius 1 is 1.25 bits per heavy atom. The Hall–Kier alpha value is -1.60. The summed E-state index contributed by atoms with van der Waals surface area (Å²) in [6.45, 7) is 0.823. The Morgan fingerprint density at radius 2 is 2.04 bits per heavy atom. The lowest BCUT2D eigenvalue weighted by Crippen LogP contribution is -2.57. The van der Waals surface area contributed by atoms with Crippen LogP contribution in [0.5, 0.6) is 0 Å². The highest BCUT2D eigenvalue weighted by molar-refractivity contribution is 6.31. The van der Waals surface area contributed by atoms with Crippen molar-refractivity contribution in [2.45, 2.75) is 18.2 Å². The van der Waals surface area contributed by atoms with Crippen molar-refractivity contribution in [1.82, 2.24) is 4.90 Å². The molecule has 0 radical (unpaired) electrons. The van der Waals surface area contributed by atoms with Crippen LogP contribution in [-0.2, 0) is 14.2 Å². The van der Waals surface area contributed by atoms with E-state index in [1.807, 2.05) is 0 Å². The monoisotopic (exact) mass is 353 g/mol. The van der Waals surface area contributed by atoms with Gasteiger partial charge in [0.1, 0.15) is 17.8 Å². The number of rotatable bonds is 4. The van der Waals surface area contributed by atoms with Crippen LogP contribution < -0.4 is 0 Å². The minimum absolute atomic E-state index is 0.224. The van der Waals surface area contributed by atoms with Crippen LogP contribution in [0.15, 0.2) is 28.7 Å². The highest BCUT2D eigenvalue weighted by Crippen LogP contribution is 2.25. The van der Waals surface area contributed by atoms with Crippen LogP contribution in [0.3, 0.4) is 0 Å². The minimum atomic E-state index is -0.267. The van der Waals surface area contributed by atoms with E-state index in [4.69, 9.17) is 30.2 Å². The zero-order valence-electron chi connectivity index (χ0n) is 13.8. The van der Waals surface area contributed by atoms with Crippen molar-refractivity contribution in [3.05, 3.63) is 35.0 Å². The van der Waals surface area contributed by atoms with Crippen molar-refractivity contribution in [3.63, 3.8) is 0 Å². The maximum atomic E-state index is 12.8. The van der Waals surface area contributed by atoms with Gasteiger partial charge in [-0.15, -0.1) is 0 Å². The van der Waals surface area contributed by atoms with E-state index in [0.29, 0.717) is 23.8 Å². The van der Waals surface area contributed by atoms with E-state index in [9.17, 15) is 4.79 Å². The molecule has 130 valence electrons. The third-order valence-corrected chi connectivity index (χ3v) is 4.63. The SMILES string of the molecule is CO[C@H]1[C@H](N(C)C(=O)c2cc3cc(Cl)ccc3o2)COC[C@H]1OC. The van der Waals surface area contributed by atoms with Crippen molar-refractivity contribution >= 4 is 28.5 Å². The molecule has 1 aliphatic rings. The molecule has 1 aliphatic heterocycles. The van der Waals surface area contributed by atoms with Crippen LogP contribution in [0, 0.1) is 0 Å². The maximum Gasteiger partial charge on any atom is 0.289 e. The standard InChI is InChI=1S/C17H20ClNO5/c1-19(12-8-23-9-15(21-2)16(12)22-3)17(20)14-7-10-6-11(18)4-5-13(10)24-14/h4-7,12,15-16H,8-9H2,1-3H3/t12-,15-,16+/m1/s1. The van der Waals surface area contributed by atoms with Gasteiger partial charge in [0.15, 0.2) is 5.76 Å². The number of methoxy groups -OCH3 is 2. The zero-order valence-corrected chi connectivity index (χ0v) is 14.6. The lowest BCUT2D eigenvalue weighted by atomic mass is 10.0. The molecule has 1 aromatic carbocycles. The number of hydrogen-bond acceptors (Lipinski definition) is 5. The van der Waals surface area contributed by atoms with Crippen LogP contribution in [-0.4, -0.2) is 63.5 Å². The second-order valence-corrected chi connectivity index (χ2v) is 6.22. The molecule has 0 saturated carbocycles. The van der Waals surface area contributed by atoms with Crippen LogP contribution in [0.4, 0.5) is 0 Å². The molecular weight excluding hydrogens is 334 g/mol. The number of halogens is 1. The fraction of sp³-hybridized carbons (Fsp3) is 0.471. The molecule has 3 rings (SSSR count). The first kappa shape index (κ1) is 17.2. The predicted molar refractivity (Wildman–Crippen MR) is 89.5 cm³/mol. The molecule has 0 unspecified atom stereocenters. The Morgan fingerprint density at radius 3 is 2.75 bits per heavy atom. The third kappa shape index (κ3) is 3.15. The second kappa shape index (κ2) is 7.11. The summed E-state index contributed by atoms with van der Waals surface area (Å²) in [6.07, 6.45) is -0.491. The van der Waals surface area contributed by atoms with E-state index < -0.39 is 0 Å². The van der Waals surface area contributed by atoms with Crippen molar-refractivity contribution in [2.75, 3.05) is 34.5 Å². The van der Waals surface area contributed by atoms with Gasteiger partial charge in [-0.25, -0.2) is 0 Å². The van der Waals surface area contributed by atoms with Gasteiger partial charge in [-0.2, -0.15) is 0 Å². The predicted octanol–water partition coefficient (Wildman–Crippen LogP) is 2.59. The van der Waals surface area contributed by atoms with E-state index in [0.717, 1.165) is 5.39 Å². The first-order valence-corrected chi connectivity index (χ1v) is 8.02. The fourth-order valence-electron chi connectivity index (χ4n) is 3.03. The van der Waals surface area contributed by atoms with E-state index in [1.165, 1.54) is 0 Å². The highest BCUT2D eigenvalue weighted by Gasteiger charge is 2.39. The third-order valence-electron chi connectivity index (χ3n) is 4.40. The number of hydrogen-bond donors (Lipinski definition) is 0. The van der Waals surface area contributed by atoms with Gasteiger partial charge in [-0.05, 0) is 24.3 Å². The van der Waals surface area contributed by atoms with Gasteiger partial charge in [0, 0.05) is 31.7 Å². The molecule has 1 saturated heterocycles. The van der Waals surface area contributed by atoms with Crippen molar-refractivity contribution < 1.29 is 23.4 Å². The summed E-state index contributed by atoms with van der Waals surface area (Å²) < 4.78 is 22.1. The van der Waals surface area contributed by atoms with E-state index in [2.05, 4.69) is 0 Å². The van der Waals surface area contributed by atoms with E-state index in [-0.39, 0.29) is 29.9 Å². The summed E-state index contributed by atoms with van der Waals surface area (Å²) in [4.78, 5) is 14.4. The largest absolute Gasteiger partial charge is 0.451 e. The Balaban J connectivity index is 1.84. The number of likely N-dealkylation sites (N-methyl/N-ethyl adjacent to an activating group) is 1. The maximum absolute atomic E-state index is 12.8. The highest BCUT2D eigenvalue weighted by atomic mass is 35.5. The van der Waals surface area contributed by atoms with Gasteiger partial charge in [0.25, 0.3) is 5.91 Å². The van der Waals surface area contributed by atoms with Gasteiger partial charge in [-0.3, -0.25) is 4.79 Å². The molecule has 1 fully saturated rings. The molecular formula is C17H20ClNO5. The first-order chi connectivity index (χ1) is 11.5. The second-order valence-electron chi connectivity index (χ2n) is 5.79. The average Bonchev–Trinajstić information content (AvgIpc) is 3.02. The van der Waals surface area contributed by atoms with Crippen LogP contribution in [0.2, 0.25) is 5.02 Å². The number of carbonyl (C=O) groups is 1. The number of nitrogens with zero attached hydrogens (tertiary/aromatic N) is 1. The Labute approximate surface area is 145 Å². The van der Waals surface area contributed by atoms with Crippen LogP contribution >= 0.6 is 11.6 Å². The molecule has 2 aromatic rings. The molecule has 1 amide bonds. The fourth-order valence-corrected chi connectivity index (χ4v) is 3.21. The van der Waals surface area contributed by atoms with Gasteiger partial charge in [0.2, 0.25) is 0 Å². The quantitative estimate of drug-likeness (QED) is 0.845. The molecule has 0 N–H and O–H groups in total. The summed E-state index contributed by atoms with van der Waals surface area (Å²) in [5.74, 6) is 0.0129. The molecule has 0 spiro atoms. The van der Waals surface area contributed by atoms with E-state index >= 15 is 0 Å². The number of carbonyl (C=O) groups excluding carboxylic acids is 1. The molecule has 24 heavy (non-hydrogen) atoms. The molecule has 0 bridgehead atoms. The molecule has 3 atom stereocenters. The molecule has 2 heterocycles. The number of fused-ring (bicyclic) bond motifs is 1. The number of benzene rings is 1. The van der Waals surface area contributed by atoms with Gasteiger partial charge >= 0.3 is 0 Å². The lowest BCUT2D eigenvalue weighted by Gasteiger charge is -2.40. The smallest absolute Gasteiger partial charge is 0.289 e. The summed E-state index contributed by atoms with van der Waals surface area (Å²) in [6, 6.07) is 6.67. The normalized spacial score (nSPS) is 24.2. The van der Waals surface area contributed by atoms with E-state index in [1.54, 1.807) is 50.4 Å². The van der Waals surface area contributed by atoms with Gasteiger partial charge in [-0.1, -0.05) is 11.6 Å². The lowest BCUT2D eigenvalue weighted by molar-refractivity contribution is -0.147. The van der Waals surface area contributed by atoms with Crippen molar-refractivity contribution in [1.29, 1.82) is 0 Å². The Bertz CT molecular complexity index is 731. The summed E-state index contributed by atoms with van der Waals surface area (Å²) in [5, 5.41) is 1.39. The molecule has 6 nitrogen and oxygen atoms in total. The van der Waals surface area contributed by atoms with Crippen molar-refractivity contribution in [2.24, 2.45) is 0 Å². The zero-order chi connectivity index (χ0) is 17.3. The number of furan rings is 1. The minimum Gasteiger partial charge on any atom is -0.451 e. The summed E-state index contributed by atoms with van der Waals surface area (Å²) in [7, 11) is 4.92. The molecule has 0 aliphatic carbocycles. The number of ether oxygens (including phenoxy) is 3. The van der Waals surface area contributed by atoms with Crippen LogP contribution in [0.25, 0.3) is 11.0 Å². The number of amides is 1. The topological polar surface area (TPSA) is 61.1 Å². The van der Waals surface area contributed by atoms with Gasteiger partial charge < -0.3 is 23.5 Å². The summed E-state index contributed by atoms with van der Waals surface area (Å²) in [5.41, 5.74) is 0.620. The Kier molecular flexibility index (Phi) is 5.10. The van der Waals surface area contributed by atoms with Crippen molar-refractivity contribution in [3.8, 4) is 0 Å². The average molecular weight is 354 g/mol. The first-order valence-electron chi connectivity index (χ1n) is 7.64.